The Morgan fingerprint density at radius 3 is 2.37 bits per heavy atom. The van der Waals surface area contributed by atoms with Crippen molar-refractivity contribution in [1.82, 2.24) is 4.90 Å². The lowest BCUT2D eigenvalue weighted by molar-refractivity contribution is -0.145. The lowest BCUT2D eigenvalue weighted by atomic mass is 9.88. The van der Waals surface area contributed by atoms with Crippen molar-refractivity contribution in [2.24, 2.45) is 17.6 Å². The number of hydrogen-bond donors (Lipinski definition) is 2. The second kappa shape index (κ2) is 7.48. The number of amides is 1. The van der Waals surface area contributed by atoms with Gasteiger partial charge in [-0.15, -0.1) is 0 Å². The zero-order valence-electron chi connectivity index (χ0n) is 12.0. The van der Waals surface area contributed by atoms with Crippen LogP contribution in [0.4, 0.5) is 0 Å². The van der Waals surface area contributed by atoms with Crippen LogP contribution in [0.2, 0.25) is 0 Å². The van der Waals surface area contributed by atoms with Crippen LogP contribution >= 0.6 is 0 Å². The smallest absolute Gasteiger partial charge is 0.323 e. The molecule has 0 spiro atoms. The molecule has 0 saturated heterocycles. The van der Waals surface area contributed by atoms with Gasteiger partial charge in [0.2, 0.25) is 5.91 Å². The van der Waals surface area contributed by atoms with E-state index in [9.17, 15) is 9.59 Å². The number of nitrogens with two attached hydrogens (primary N) is 1. The Morgan fingerprint density at radius 2 is 1.95 bits per heavy atom. The van der Waals surface area contributed by atoms with Crippen LogP contribution in [0, 0.1) is 11.8 Å². The second-order valence-electron chi connectivity index (χ2n) is 5.77. The van der Waals surface area contributed by atoms with Crippen LogP contribution in [0.3, 0.4) is 0 Å². The summed E-state index contributed by atoms with van der Waals surface area (Å²) in [4.78, 5) is 24.4. The summed E-state index contributed by atoms with van der Waals surface area (Å²) in [7, 11) is 0. The first-order valence-electron chi connectivity index (χ1n) is 7.17. The molecule has 0 aliphatic heterocycles. The molecule has 0 aromatic heterocycles. The van der Waals surface area contributed by atoms with Crippen LogP contribution in [0.15, 0.2) is 0 Å². The molecule has 1 unspecified atom stereocenters. The number of hydrogen-bond acceptors (Lipinski definition) is 3. The van der Waals surface area contributed by atoms with E-state index in [4.69, 9.17) is 10.8 Å². The summed E-state index contributed by atoms with van der Waals surface area (Å²) in [5.41, 5.74) is 5.58. The number of carboxylic acids is 1. The predicted octanol–water partition coefficient (Wildman–Crippen LogP) is 1.46. The average Bonchev–Trinajstić information content (AvgIpc) is 3.14. The first-order valence-corrected chi connectivity index (χ1v) is 7.17. The summed E-state index contributed by atoms with van der Waals surface area (Å²) < 4.78 is 0. The molecule has 1 atom stereocenters. The number of aliphatic carboxylic acids is 1. The first kappa shape index (κ1) is 16.0. The monoisotopic (exact) mass is 270 g/mol. The normalized spacial score (nSPS) is 16.4. The van der Waals surface area contributed by atoms with Crippen LogP contribution in [0.1, 0.15) is 46.0 Å². The predicted molar refractivity (Wildman–Crippen MR) is 73.6 cm³/mol. The molecule has 0 radical (unpaired) electrons. The number of carbonyl (C=O) groups is 2. The Bertz CT molecular complexity index is 314. The summed E-state index contributed by atoms with van der Waals surface area (Å²) in [6.07, 6.45) is 4.04. The van der Waals surface area contributed by atoms with E-state index in [1.807, 2.05) is 0 Å². The molecule has 1 aliphatic carbocycles. The molecule has 1 fully saturated rings. The average molecular weight is 270 g/mol. The van der Waals surface area contributed by atoms with Crippen molar-refractivity contribution in [2.45, 2.75) is 52.0 Å². The minimum Gasteiger partial charge on any atom is -0.480 e. The molecule has 0 heterocycles. The highest BCUT2D eigenvalue weighted by Gasteiger charge is 2.33. The minimum absolute atomic E-state index is 0.0208. The zero-order chi connectivity index (χ0) is 14.4. The molecule has 5 heteroatoms. The van der Waals surface area contributed by atoms with Crippen molar-refractivity contribution in [1.29, 1.82) is 0 Å². The van der Waals surface area contributed by atoms with Crippen LogP contribution < -0.4 is 5.73 Å². The van der Waals surface area contributed by atoms with Gasteiger partial charge >= 0.3 is 5.97 Å². The van der Waals surface area contributed by atoms with Crippen molar-refractivity contribution in [3.8, 4) is 0 Å². The topological polar surface area (TPSA) is 83.6 Å². The first-order chi connectivity index (χ1) is 8.95. The Hall–Kier alpha value is -1.10. The molecule has 1 amide bonds. The molecule has 1 rings (SSSR count). The standard InChI is InChI=1S/C14H26N2O3/c1-10(2)11(7-8-15)3-6-13(17)16(9-14(18)19)12-4-5-12/h10-12H,3-9,15H2,1-2H3,(H,18,19). The van der Waals surface area contributed by atoms with Gasteiger partial charge < -0.3 is 15.7 Å². The molecule has 0 bridgehead atoms. The van der Waals surface area contributed by atoms with E-state index < -0.39 is 5.97 Å². The Kier molecular flexibility index (Phi) is 6.28. The SMILES string of the molecule is CC(C)C(CCN)CCC(=O)N(CC(=O)O)C1CC1. The Labute approximate surface area is 115 Å². The van der Waals surface area contributed by atoms with Gasteiger partial charge in [0.25, 0.3) is 0 Å². The summed E-state index contributed by atoms with van der Waals surface area (Å²) >= 11 is 0. The van der Waals surface area contributed by atoms with Gasteiger partial charge in [-0.25, -0.2) is 0 Å². The number of carbonyl (C=O) groups excluding carboxylic acids is 1. The van der Waals surface area contributed by atoms with Crippen molar-refractivity contribution in [3.63, 3.8) is 0 Å². The fourth-order valence-corrected chi connectivity index (χ4v) is 2.43. The highest BCUT2D eigenvalue weighted by atomic mass is 16.4. The summed E-state index contributed by atoms with van der Waals surface area (Å²) in [6, 6.07) is 0.163. The number of carboxylic acid groups (broad SMARTS) is 1. The second-order valence-corrected chi connectivity index (χ2v) is 5.77. The third-order valence-corrected chi connectivity index (χ3v) is 3.82. The maximum atomic E-state index is 12.1. The molecule has 110 valence electrons. The van der Waals surface area contributed by atoms with Crippen molar-refractivity contribution < 1.29 is 14.7 Å². The van der Waals surface area contributed by atoms with E-state index in [2.05, 4.69) is 13.8 Å². The van der Waals surface area contributed by atoms with Gasteiger partial charge in [0, 0.05) is 12.5 Å². The van der Waals surface area contributed by atoms with Crippen LogP contribution in [0.5, 0.6) is 0 Å². The van der Waals surface area contributed by atoms with Gasteiger partial charge in [0.1, 0.15) is 6.54 Å². The molecule has 1 aliphatic rings. The van der Waals surface area contributed by atoms with Crippen molar-refractivity contribution in [3.05, 3.63) is 0 Å². The highest BCUT2D eigenvalue weighted by Crippen LogP contribution is 2.28. The molecular formula is C14H26N2O3. The van der Waals surface area contributed by atoms with Gasteiger partial charge in [-0.05, 0) is 44.1 Å². The maximum Gasteiger partial charge on any atom is 0.323 e. The zero-order valence-corrected chi connectivity index (χ0v) is 12.0. The van der Waals surface area contributed by atoms with E-state index in [0.717, 1.165) is 25.7 Å². The van der Waals surface area contributed by atoms with Gasteiger partial charge in [-0.1, -0.05) is 13.8 Å². The van der Waals surface area contributed by atoms with Crippen LogP contribution in [0.25, 0.3) is 0 Å². The fourth-order valence-electron chi connectivity index (χ4n) is 2.43. The summed E-state index contributed by atoms with van der Waals surface area (Å²) in [5.74, 6) is 0.000203. The third-order valence-electron chi connectivity index (χ3n) is 3.82. The molecular weight excluding hydrogens is 244 g/mol. The molecule has 19 heavy (non-hydrogen) atoms. The molecule has 1 saturated carbocycles. The van der Waals surface area contributed by atoms with E-state index in [0.29, 0.717) is 24.8 Å². The Morgan fingerprint density at radius 1 is 1.32 bits per heavy atom. The van der Waals surface area contributed by atoms with Crippen LogP contribution in [-0.4, -0.2) is 41.0 Å². The highest BCUT2D eigenvalue weighted by molar-refractivity contribution is 5.81. The number of nitrogens with zero attached hydrogens (tertiary/aromatic N) is 1. The van der Waals surface area contributed by atoms with Gasteiger partial charge in [0.05, 0.1) is 0 Å². The minimum atomic E-state index is -0.928. The Balaban J connectivity index is 2.44. The van der Waals surface area contributed by atoms with E-state index in [1.54, 1.807) is 0 Å². The van der Waals surface area contributed by atoms with E-state index in [1.165, 1.54) is 4.90 Å². The fraction of sp³-hybridized carbons (Fsp3) is 0.857. The summed E-state index contributed by atoms with van der Waals surface area (Å²) in [5, 5.41) is 8.85. The van der Waals surface area contributed by atoms with Gasteiger partial charge in [0.15, 0.2) is 0 Å². The molecule has 0 aromatic carbocycles. The maximum absolute atomic E-state index is 12.1. The molecule has 0 aromatic rings. The largest absolute Gasteiger partial charge is 0.480 e. The van der Waals surface area contributed by atoms with Gasteiger partial charge in [-0.3, -0.25) is 9.59 Å². The summed E-state index contributed by atoms with van der Waals surface area (Å²) in [6.45, 7) is 4.76. The van der Waals surface area contributed by atoms with Gasteiger partial charge in [-0.2, -0.15) is 0 Å². The van der Waals surface area contributed by atoms with Crippen LogP contribution in [-0.2, 0) is 9.59 Å². The van der Waals surface area contributed by atoms with E-state index >= 15 is 0 Å². The molecule has 3 N–H and O–H groups in total. The number of rotatable bonds is 9. The lowest BCUT2D eigenvalue weighted by Gasteiger charge is -2.23. The van der Waals surface area contributed by atoms with Crippen molar-refractivity contribution in [2.75, 3.05) is 13.1 Å². The molecule has 5 nitrogen and oxygen atoms in total. The third kappa shape index (κ3) is 5.59. The van der Waals surface area contributed by atoms with Crippen molar-refractivity contribution >= 4 is 11.9 Å². The van der Waals surface area contributed by atoms with E-state index in [-0.39, 0.29) is 18.5 Å². The quantitative estimate of drug-likeness (QED) is 0.664. The lowest BCUT2D eigenvalue weighted by Crippen LogP contribution is -2.37.